The Bertz CT molecular complexity index is 661. The normalized spacial score (nSPS) is 14.7. The van der Waals surface area contributed by atoms with Gasteiger partial charge < -0.3 is 4.90 Å². The van der Waals surface area contributed by atoms with Crippen LogP contribution in [0.4, 0.5) is 11.4 Å². The molecule has 0 spiro atoms. The van der Waals surface area contributed by atoms with E-state index in [1.165, 1.54) is 5.69 Å². The number of likely N-dealkylation sites (N-methyl/N-ethyl adjacent to an activating group) is 1. The quantitative estimate of drug-likeness (QED) is 0.475. The zero-order valence-electron chi connectivity index (χ0n) is 14.2. The van der Waals surface area contributed by atoms with Crippen molar-refractivity contribution in [2.45, 2.75) is 13.5 Å². The summed E-state index contributed by atoms with van der Waals surface area (Å²) in [6.07, 6.45) is 6.26. The Morgan fingerprint density at radius 2 is 2.17 bits per heavy atom. The molecule has 0 aliphatic carbocycles. The van der Waals surface area contributed by atoms with Crippen LogP contribution in [0.25, 0.3) is 0 Å². The van der Waals surface area contributed by atoms with Crippen molar-refractivity contribution in [1.82, 2.24) is 14.3 Å². The van der Waals surface area contributed by atoms with Crippen LogP contribution in [0.15, 0.2) is 53.3 Å². The Kier molecular flexibility index (Phi) is 5.71. The molecule has 1 N–H and O–H groups in total. The molecule has 1 aromatic carbocycles. The molecule has 1 aliphatic heterocycles. The van der Waals surface area contributed by atoms with Crippen molar-refractivity contribution in [2.75, 3.05) is 30.5 Å². The largest absolute Gasteiger partial charge is 0.368 e. The highest BCUT2D eigenvalue weighted by Crippen LogP contribution is 2.22. The second kappa shape index (κ2) is 8.16. The monoisotopic (exact) mass is 346 g/mol. The zero-order chi connectivity index (χ0) is 16.8. The van der Waals surface area contributed by atoms with Crippen LogP contribution in [0.5, 0.6) is 0 Å². The lowest BCUT2D eigenvalue weighted by Gasteiger charge is -2.22. The lowest BCUT2D eigenvalue weighted by molar-refractivity contribution is -0.671. The van der Waals surface area contributed by atoms with Crippen LogP contribution in [0.1, 0.15) is 6.92 Å². The number of nitrogens with zero attached hydrogens (tertiary/aromatic N) is 6. The molecule has 8 heteroatoms. The second-order valence-corrected chi connectivity index (χ2v) is 6.60. The molecule has 1 fully saturated rings. The Labute approximate surface area is 147 Å². The van der Waals surface area contributed by atoms with E-state index in [1.807, 2.05) is 23.6 Å². The molecule has 0 unspecified atom stereocenters. The van der Waals surface area contributed by atoms with Crippen LogP contribution >= 0.6 is 11.9 Å². The third-order valence-electron chi connectivity index (χ3n) is 3.87. The van der Waals surface area contributed by atoms with Crippen molar-refractivity contribution in [3.63, 3.8) is 0 Å². The van der Waals surface area contributed by atoms with Crippen molar-refractivity contribution < 1.29 is 4.57 Å². The predicted molar refractivity (Wildman–Crippen MR) is 96.8 cm³/mol. The first-order valence-corrected chi connectivity index (χ1v) is 9.07. The first kappa shape index (κ1) is 16.8. The minimum absolute atomic E-state index is 0.743. The van der Waals surface area contributed by atoms with Crippen LogP contribution in [0.2, 0.25) is 0 Å². The van der Waals surface area contributed by atoms with E-state index in [-0.39, 0.29) is 0 Å². The van der Waals surface area contributed by atoms with Gasteiger partial charge in [-0.15, -0.1) is 5.11 Å². The number of benzene rings is 1. The Morgan fingerprint density at radius 1 is 1.33 bits per heavy atom. The fourth-order valence-corrected chi connectivity index (χ4v) is 3.14. The molecule has 2 aromatic rings. The molecule has 0 amide bonds. The molecular weight excluding hydrogens is 322 g/mol. The van der Waals surface area contributed by atoms with Gasteiger partial charge in [0.05, 0.1) is 25.2 Å². The first-order valence-electron chi connectivity index (χ1n) is 8.13. The van der Waals surface area contributed by atoms with Crippen LogP contribution in [-0.2, 0) is 13.6 Å². The van der Waals surface area contributed by atoms with Crippen LogP contribution in [0.3, 0.4) is 0 Å². The highest BCUT2D eigenvalue weighted by Gasteiger charge is 2.09. The number of aryl methyl sites for hydroxylation is 1. The molecule has 2 heterocycles. The van der Waals surface area contributed by atoms with Crippen molar-refractivity contribution in [1.29, 1.82) is 0 Å². The lowest BCUT2D eigenvalue weighted by Crippen LogP contribution is -2.28. The fraction of sp³-hybridized carbons (Fsp3) is 0.438. The van der Waals surface area contributed by atoms with E-state index in [0.717, 1.165) is 37.9 Å². The van der Waals surface area contributed by atoms with Gasteiger partial charge in [0.1, 0.15) is 25.6 Å². The summed E-state index contributed by atoms with van der Waals surface area (Å²) in [5.41, 5.74) is 2.09. The molecule has 0 saturated carbocycles. The minimum Gasteiger partial charge on any atom is -0.368 e. The highest BCUT2D eigenvalue weighted by molar-refractivity contribution is 7.97. The second-order valence-electron chi connectivity index (χ2n) is 5.64. The third-order valence-corrected chi connectivity index (χ3v) is 4.70. The summed E-state index contributed by atoms with van der Waals surface area (Å²) < 4.78 is 6.11. The average Bonchev–Trinajstić information content (AvgIpc) is 3.26. The molecule has 128 valence electrons. The van der Waals surface area contributed by atoms with E-state index in [4.69, 9.17) is 0 Å². The number of nitrogens with one attached hydrogen (secondary N) is 1. The molecule has 0 radical (unpaired) electrons. The van der Waals surface area contributed by atoms with Crippen molar-refractivity contribution >= 4 is 23.3 Å². The zero-order valence-corrected chi connectivity index (χ0v) is 15.0. The van der Waals surface area contributed by atoms with Crippen molar-refractivity contribution in [3.8, 4) is 0 Å². The Hall–Kier alpha value is -2.06. The number of aromatic nitrogens is 2. The number of hydrogen-bond acceptors (Lipinski definition) is 5. The van der Waals surface area contributed by atoms with Gasteiger partial charge in [-0.05, 0) is 43.1 Å². The summed E-state index contributed by atoms with van der Waals surface area (Å²) >= 11 is 1.63. The number of hydrogen-bond donors (Lipinski definition) is 1. The van der Waals surface area contributed by atoms with E-state index in [2.05, 4.69) is 67.5 Å². The fourth-order valence-electron chi connectivity index (χ4n) is 2.54. The van der Waals surface area contributed by atoms with Crippen LogP contribution in [0, 0.1) is 0 Å². The minimum atomic E-state index is 0.743. The van der Waals surface area contributed by atoms with Crippen LogP contribution < -0.4 is 14.8 Å². The molecule has 1 aliphatic rings. The Balaban J connectivity index is 1.57. The predicted octanol–water partition coefficient (Wildman–Crippen LogP) is 2.31. The van der Waals surface area contributed by atoms with Crippen molar-refractivity contribution in [2.24, 2.45) is 17.4 Å². The molecule has 1 aromatic heterocycles. The topological polar surface area (TPSA) is 52.0 Å². The summed E-state index contributed by atoms with van der Waals surface area (Å²) in [4.78, 5) is 2.36. The van der Waals surface area contributed by atoms with E-state index in [0.29, 0.717) is 0 Å². The molecular formula is C16H24N7S+. The lowest BCUT2D eigenvalue weighted by atomic mass is 10.2. The van der Waals surface area contributed by atoms with E-state index < -0.39 is 0 Å². The molecule has 3 rings (SSSR count). The smallest absolute Gasteiger partial charge is 0.243 e. The van der Waals surface area contributed by atoms with Gasteiger partial charge in [-0.25, -0.2) is 13.5 Å². The molecule has 7 nitrogen and oxygen atoms in total. The van der Waals surface area contributed by atoms with E-state index >= 15 is 0 Å². The number of anilines is 1. The van der Waals surface area contributed by atoms with Gasteiger partial charge >= 0.3 is 0 Å². The summed E-state index contributed by atoms with van der Waals surface area (Å²) in [5.74, 6) is 0.892. The van der Waals surface area contributed by atoms with Gasteiger partial charge in [-0.2, -0.15) is 0 Å². The third kappa shape index (κ3) is 4.48. The maximum absolute atomic E-state index is 4.28. The Morgan fingerprint density at radius 3 is 2.79 bits per heavy atom. The van der Waals surface area contributed by atoms with Crippen LogP contribution in [-0.4, -0.2) is 34.6 Å². The maximum Gasteiger partial charge on any atom is 0.243 e. The van der Waals surface area contributed by atoms with Gasteiger partial charge in [-0.1, -0.05) is 5.22 Å². The van der Waals surface area contributed by atoms with Gasteiger partial charge in [0.15, 0.2) is 0 Å². The summed E-state index contributed by atoms with van der Waals surface area (Å²) in [6.45, 7) is 5.84. The molecule has 0 bridgehead atoms. The molecule has 0 atom stereocenters. The van der Waals surface area contributed by atoms with E-state index in [1.54, 1.807) is 11.9 Å². The SMILES string of the molecule is CCN(CCn1cc[n+](C)c1)c1ccc(/N=N/N2CNCS2)cc1. The van der Waals surface area contributed by atoms with Gasteiger partial charge in [0, 0.05) is 12.2 Å². The van der Waals surface area contributed by atoms with Gasteiger partial charge in [-0.3, -0.25) is 5.32 Å². The maximum atomic E-state index is 4.28. The number of rotatable bonds is 7. The highest BCUT2D eigenvalue weighted by atomic mass is 32.2. The van der Waals surface area contributed by atoms with Gasteiger partial charge in [0.25, 0.3) is 0 Å². The summed E-state index contributed by atoms with van der Waals surface area (Å²) in [5, 5.41) is 11.7. The van der Waals surface area contributed by atoms with E-state index in [9.17, 15) is 0 Å². The first-order chi connectivity index (χ1) is 11.7. The molecule has 1 saturated heterocycles. The van der Waals surface area contributed by atoms with Crippen molar-refractivity contribution in [3.05, 3.63) is 43.0 Å². The summed E-state index contributed by atoms with van der Waals surface area (Å²) in [6, 6.07) is 8.27. The summed E-state index contributed by atoms with van der Waals surface area (Å²) in [7, 11) is 2.04. The molecule has 24 heavy (non-hydrogen) atoms. The average molecular weight is 346 g/mol. The standard InChI is InChI=1S/C16H24N7S/c1-3-22(11-10-21-9-8-20(2)14-21)16-6-4-15(5-7-16)18-19-23-12-17-13-24-23/h4-9,14,17H,3,10-13H2,1-2H3/q+1/b19-18+. The number of imidazole rings is 1. The van der Waals surface area contributed by atoms with Gasteiger partial charge in [0.2, 0.25) is 6.33 Å².